The van der Waals surface area contributed by atoms with E-state index in [1.54, 1.807) is 0 Å². The second-order valence-corrected chi connectivity index (χ2v) is 12.3. The minimum atomic E-state index is -0.843. The summed E-state index contributed by atoms with van der Waals surface area (Å²) in [6.45, 7) is 5.78. The van der Waals surface area contributed by atoms with Crippen LogP contribution in [0, 0.1) is 0 Å². The van der Waals surface area contributed by atoms with Crippen molar-refractivity contribution < 1.29 is 13.9 Å². The zero-order chi connectivity index (χ0) is 28.2. The summed E-state index contributed by atoms with van der Waals surface area (Å²) in [5, 5.41) is 1.54. The smallest absolute Gasteiger partial charge is 0.319 e. The number of nitrogens with zero attached hydrogens (tertiary/aromatic N) is 5. The van der Waals surface area contributed by atoms with Crippen LogP contribution >= 0.6 is 11.6 Å². The summed E-state index contributed by atoms with van der Waals surface area (Å²) in [5.74, 6) is 0.741. The molecule has 1 unspecified atom stereocenters. The molecule has 214 valence electrons. The molecule has 0 bridgehead atoms. The van der Waals surface area contributed by atoms with Gasteiger partial charge < -0.3 is 14.5 Å². The fraction of sp³-hybridized carbons (Fsp3) is 0.469. The number of ether oxygens (including phenoxy) is 1. The molecule has 0 spiro atoms. The molecular formula is C32H35ClFN5O2. The van der Waals surface area contributed by atoms with Crippen molar-refractivity contribution in [3.05, 3.63) is 59.1 Å². The zero-order valence-corrected chi connectivity index (χ0v) is 24.1. The van der Waals surface area contributed by atoms with E-state index in [2.05, 4.69) is 35.7 Å². The van der Waals surface area contributed by atoms with Gasteiger partial charge in [-0.05, 0) is 80.5 Å². The molecule has 3 aliphatic heterocycles. The lowest BCUT2D eigenvalue weighted by Crippen LogP contribution is -2.63. The van der Waals surface area contributed by atoms with Crippen molar-refractivity contribution in [2.45, 2.75) is 62.8 Å². The Balaban J connectivity index is 1.28. The molecule has 4 atom stereocenters. The Morgan fingerprint density at radius 3 is 2.83 bits per heavy atom. The second kappa shape index (κ2) is 10.6. The van der Waals surface area contributed by atoms with Crippen LogP contribution < -0.4 is 9.64 Å². The molecule has 0 radical (unpaired) electrons. The number of hydrogen-bond acceptors (Lipinski definition) is 6. The van der Waals surface area contributed by atoms with Gasteiger partial charge in [-0.15, -0.1) is 0 Å². The first kappa shape index (κ1) is 26.7. The zero-order valence-electron chi connectivity index (χ0n) is 23.4. The number of rotatable bonds is 6. The lowest BCUT2D eigenvalue weighted by Gasteiger charge is -2.47. The van der Waals surface area contributed by atoms with Crippen LogP contribution in [-0.4, -0.2) is 83.3 Å². The quantitative estimate of drug-likeness (QED) is 0.375. The highest BCUT2D eigenvalue weighted by atomic mass is 35.5. The van der Waals surface area contributed by atoms with E-state index in [4.69, 9.17) is 26.3 Å². The van der Waals surface area contributed by atoms with Gasteiger partial charge in [0.15, 0.2) is 0 Å². The van der Waals surface area contributed by atoms with Crippen molar-refractivity contribution in [3.63, 3.8) is 0 Å². The Morgan fingerprint density at radius 1 is 1.17 bits per heavy atom. The van der Waals surface area contributed by atoms with E-state index in [0.717, 1.165) is 47.1 Å². The minimum Gasteiger partial charge on any atom is -0.462 e. The lowest BCUT2D eigenvalue weighted by atomic mass is 9.85. The van der Waals surface area contributed by atoms with Crippen LogP contribution in [0.15, 0.2) is 43.0 Å². The van der Waals surface area contributed by atoms with Crippen molar-refractivity contribution in [1.82, 2.24) is 19.8 Å². The van der Waals surface area contributed by atoms with Gasteiger partial charge in [0.25, 0.3) is 0 Å². The van der Waals surface area contributed by atoms with E-state index in [9.17, 15) is 9.18 Å². The number of alkyl halides is 1. The summed E-state index contributed by atoms with van der Waals surface area (Å²) >= 11 is 7.02. The monoisotopic (exact) mass is 575 g/mol. The Morgan fingerprint density at radius 2 is 2.02 bits per heavy atom. The van der Waals surface area contributed by atoms with E-state index in [1.165, 1.54) is 30.0 Å². The largest absolute Gasteiger partial charge is 0.462 e. The van der Waals surface area contributed by atoms with Gasteiger partial charge in [-0.1, -0.05) is 36.4 Å². The molecule has 0 saturated carbocycles. The number of carbonyl (C=O) groups excluding carboxylic acids is 1. The number of fused-ring (bicyclic) bond motifs is 3. The molecule has 3 aromatic rings. The topological polar surface area (TPSA) is 61.8 Å². The standard InChI is InChI=1S/C32H35ClFN5O2/c1-3-30(40)38-12-11-28-29(38)17-39(28)31-25-14-26(33)24(23-10-6-8-19-7-4-5-9-22(19)23)15-27(25)35-32(36-31)41-18-21-13-20(34)16-37(21)2/h3,6,8,10,14-15,20-21,28-29H,1,4-5,7,9,11-13,16-18H2,2H3/t20-,21+,28?,29-/m1/s1. The number of aryl methyl sites for hydroxylation is 1. The Kier molecular flexibility index (Phi) is 6.86. The second-order valence-electron chi connectivity index (χ2n) is 11.9. The number of carbonyl (C=O) groups is 1. The van der Waals surface area contributed by atoms with Crippen molar-refractivity contribution in [2.24, 2.45) is 0 Å². The third kappa shape index (κ3) is 4.65. The van der Waals surface area contributed by atoms with Crippen molar-refractivity contribution in [1.29, 1.82) is 0 Å². The number of anilines is 1. The number of hydrogen-bond donors (Lipinski definition) is 0. The maximum atomic E-state index is 14.0. The van der Waals surface area contributed by atoms with Crippen molar-refractivity contribution in [3.8, 4) is 17.1 Å². The van der Waals surface area contributed by atoms with E-state index >= 15 is 0 Å². The molecule has 7 rings (SSSR count). The first-order valence-electron chi connectivity index (χ1n) is 14.7. The fourth-order valence-corrected chi connectivity index (χ4v) is 7.53. The van der Waals surface area contributed by atoms with Gasteiger partial charge in [-0.3, -0.25) is 9.69 Å². The molecule has 4 aliphatic rings. The first-order valence-corrected chi connectivity index (χ1v) is 15.1. The normalized spacial score (nSPS) is 25.6. The molecular weight excluding hydrogens is 541 g/mol. The lowest BCUT2D eigenvalue weighted by molar-refractivity contribution is -0.127. The van der Waals surface area contributed by atoms with E-state index < -0.39 is 6.17 Å². The third-order valence-electron chi connectivity index (χ3n) is 9.50. The Hall–Kier alpha value is -3.23. The number of likely N-dealkylation sites (N-methyl/N-ethyl adjacent to an activating group) is 1. The highest BCUT2D eigenvalue weighted by Gasteiger charge is 2.49. The van der Waals surface area contributed by atoms with E-state index in [-0.39, 0.29) is 30.0 Å². The van der Waals surface area contributed by atoms with Gasteiger partial charge in [-0.2, -0.15) is 9.97 Å². The van der Waals surface area contributed by atoms with Gasteiger partial charge in [0, 0.05) is 41.6 Å². The van der Waals surface area contributed by atoms with E-state index in [1.807, 2.05) is 22.9 Å². The molecule has 41 heavy (non-hydrogen) atoms. The van der Waals surface area contributed by atoms with Gasteiger partial charge in [0.05, 0.1) is 17.6 Å². The molecule has 0 N–H and O–H groups in total. The van der Waals surface area contributed by atoms with Gasteiger partial charge in [0.1, 0.15) is 18.6 Å². The van der Waals surface area contributed by atoms with Crippen LogP contribution in [0.2, 0.25) is 5.02 Å². The summed E-state index contributed by atoms with van der Waals surface area (Å²) in [7, 11) is 1.92. The van der Waals surface area contributed by atoms with Gasteiger partial charge in [-0.25, -0.2) is 4.39 Å². The van der Waals surface area contributed by atoms with Crippen LogP contribution in [0.1, 0.15) is 36.8 Å². The average Bonchev–Trinajstić information content (AvgIpc) is 3.47. The van der Waals surface area contributed by atoms with Crippen LogP contribution in [0.3, 0.4) is 0 Å². The Labute approximate surface area is 244 Å². The number of benzene rings is 2. The summed E-state index contributed by atoms with van der Waals surface area (Å²) < 4.78 is 20.2. The van der Waals surface area contributed by atoms with E-state index in [0.29, 0.717) is 37.7 Å². The number of halogens is 2. The van der Waals surface area contributed by atoms with Gasteiger partial charge in [0.2, 0.25) is 5.91 Å². The predicted octanol–water partition coefficient (Wildman–Crippen LogP) is 5.23. The average molecular weight is 576 g/mol. The minimum absolute atomic E-state index is 0.0222. The maximum Gasteiger partial charge on any atom is 0.319 e. The van der Waals surface area contributed by atoms with Crippen molar-refractivity contribution >= 4 is 34.2 Å². The van der Waals surface area contributed by atoms with Crippen molar-refractivity contribution in [2.75, 3.05) is 38.2 Å². The molecule has 7 nitrogen and oxygen atoms in total. The maximum absolute atomic E-state index is 14.0. The molecule has 4 heterocycles. The molecule has 3 fully saturated rings. The SMILES string of the molecule is C=CC(=O)N1CCC2[C@H]1CN2c1nc(OC[C@@H]2C[C@@H](F)CN2C)nc2cc(-c3cccc4c3CCCC4)c(Cl)cc12. The Bertz CT molecular complexity index is 1530. The molecule has 1 amide bonds. The summed E-state index contributed by atoms with van der Waals surface area (Å²) in [6, 6.07) is 11.1. The number of aromatic nitrogens is 2. The van der Waals surface area contributed by atoms with Crippen LogP contribution in [0.25, 0.3) is 22.0 Å². The number of likely N-dealkylation sites (tertiary alicyclic amines) is 2. The third-order valence-corrected chi connectivity index (χ3v) is 9.81. The molecule has 3 saturated heterocycles. The first-order chi connectivity index (χ1) is 19.9. The molecule has 2 aromatic carbocycles. The number of amides is 1. The fourth-order valence-electron chi connectivity index (χ4n) is 7.27. The van der Waals surface area contributed by atoms with Crippen LogP contribution in [0.4, 0.5) is 10.2 Å². The molecule has 1 aliphatic carbocycles. The highest BCUT2D eigenvalue weighted by Crippen LogP contribution is 2.43. The molecule has 9 heteroatoms. The van der Waals surface area contributed by atoms with Crippen LogP contribution in [0.5, 0.6) is 6.01 Å². The summed E-state index contributed by atoms with van der Waals surface area (Å²) in [4.78, 5) is 28.3. The molecule has 1 aromatic heterocycles. The summed E-state index contributed by atoms with van der Waals surface area (Å²) in [5.41, 5.74) is 5.67. The van der Waals surface area contributed by atoms with Gasteiger partial charge >= 0.3 is 6.01 Å². The van der Waals surface area contributed by atoms with Crippen LogP contribution in [-0.2, 0) is 17.6 Å². The summed E-state index contributed by atoms with van der Waals surface area (Å²) in [6.07, 6.45) is 6.39. The highest BCUT2D eigenvalue weighted by molar-refractivity contribution is 6.34. The predicted molar refractivity (Wildman–Crippen MR) is 160 cm³/mol.